The SMILES string of the molecule is CC(C)[C@@H]1N(C(=O)CS(=O)(=O)C2CC2)CC12CCCCC2. The third kappa shape index (κ3) is 2.73. The Balaban J connectivity index is 1.69. The Morgan fingerprint density at radius 2 is 1.81 bits per heavy atom. The average Bonchev–Trinajstić information content (AvgIpc) is 3.20. The van der Waals surface area contributed by atoms with Crippen LogP contribution in [0.15, 0.2) is 0 Å². The molecule has 120 valence electrons. The molecule has 0 radical (unpaired) electrons. The van der Waals surface area contributed by atoms with Crippen molar-refractivity contribution in [3.05, 3.63) is 0 Å². The summed E-state index contributed by atoms with van der Waals surface area (Å²) in [6.07, 6.45) is 7.71. The van der Waals surface area contributed by atoms with Crippen LogP contribution in [-0.4, -0.2) is 42.8 Å². The number of nitrogens with zero attached hydrogens (tertiary/aromatic N) is 1. The fourth-order valence-corrected chi connectivity index (χ4v) is 6.17. The van der Waals surface area contributed by atoms with Crippen LogP contribution in [0.25, 0.3) is 0 Å². The van der Waals surface area contributed by atoms with E-state index < -0.39 is 9.84 Å². The van der Waals surface area contributed by atoms with Crippen molar-refractivity contribution in [2.45, 2.75) is 70.1 Å². The number of amides is 1. The summed E-state index contributed by atoms with van der Waals surface area (Å²) < 4.78 is 24.1. The van der Waals surface area contributed by atoms with E-state index in [0.717, 1.165) is 19.4 Å². The van der Waals surface area contributed by atoms with Crippen molar-refractivity contribution >= 4 is 15.7 Å². The molecule has 0 bridgehead atoms. The summed E-state index contributed by atoms with van der Waals surface area (Å²) in [6, 6.07) is 0.250. The zero-order valence-corrected chi connectivity index (χ0v) is 14.0. The zero-order valence-electron chi connectivity index (χ0n) is 13.2. The molecule has 2 aliphatic carbocycles. The molecule has 0 unspecified atom stereocenters. The molecule has 2 saturated carbocycles. The quantitative estimate of drug-likeness (QED) is 0.801. The molecule has 5 heteroatoms. The Bertz CT molecular complexity index is 516. The Labute approximate surface area is 128 Å². The van der Waals surface area contributed by atoms with Gasteiger partial charge < -0.3 is 4.90 Å². The minimum Gasteiger partial charge on any atom is -0.337 e. The Morgan fingerprint density at radius 1 is 1.19 bits per heavy atom. The van der Waals surface area contributed by atoms with Crippen LogP contribution < -0.4 is 0 Å². The zero-order chi connectivity index (χ0) is 15.3. The van der Waals surface area contributed by atoms with Gasteiger partial charge in [-0.15, -0.1) is 0 Å². The van der Waals surface area contributed by atoms with Gasteiger partial charge in [0.2, 0.25) is 5.91 Å². The summed E-state index contributed by atoms with van der Waals surface area (Å²) >= 11 is 0. The van der Waals surface area contributed by atoms with Crippen molar-refractivity contribution in [1.82, 2.24) is 4.90 Å². The standard InChI is InChI=1S/C16H27NO3S/c1-12(2)15-16(8-4-3-5-9-16)11-17(15)14(18)10-21(19,20)13-6-7-13/h12-13,15H,3-11H2,1-2H3/t15-/m0/s1. The molecule has 1 spiro atoms. The molecule has 0 aromatic rings. The van der Waals surface area contributed by atoms with Crippen molar-refractivity contribution < 1.29 is 13.2 Å². The third-order valence-electron chi connectivity index (χ3n) is 5.61. The van der Waals surface area contributed by atoms with Crippen LogP contribution in [0, 0.1) is 11.3 Å². The number of hydrogen-bond acceptors (Lipinski definition) is 3. The lowest BCUT2D eigenvalue weighted by Gasteiger charge is -2.61. The fourth-order valence-electron chi connectivity index (χ4n) is 4.57. The van der Waals surface area contributed by atoms with Crippen LogP contribution in [0.5, 0.6) is 0 Å². The molecule has 0 aromatic heterocycles. The lowest BCUT2D eigenvalue weighted by Crippen LogP contribution is -2.69. The largest absolute Gasteiger partial charge is 0.337 e. The second-order valence-corrected chi connectivity index (χ2v) is 9.92. The van der Waals surface area contributed by atoms with Gasteiger partial charge in [0.15, 0.2) is 9.84 Å². The second kappa shape index (κ2) is 5.25. The van der Waals surface area contributed by atoms with E-state index in [1.165, 1.54) is 32.1 Å². The Hall–Kier alpha value is -0.580. The monoisotopic (exact) mass is 313 g/mol. The van der Waals surface area contributed by atoms with Gasteiger partial charge in [0, 0.05) is 18.0 Å². The van der Waals surface area contributed by atoms with Crippen LogP contribution in [0.1, 0.15) is 58.8 Å². The molecule has 1 amide bonds. The van der Waals surface area contributed by atoms with E-state index in [1.807, 2.05) is 4.90 Å². The molecule has 21 heavy (non-hydrogen) atoms. The van der Waals surface area contributed by atoms with Gasteiger partial charge in [-0.3, -0.25) is 4.79 Å². The maximum absolute atomic E-state index is 12.5. The first kappa shape index (κ1) is 15.3. The van der Waals surface area contributed by atoms with E-state index in [4.69, 9.17) is 0 Å². The summed E-state index contributed by atoms with van der Waals surface area (Å²) in [5.74, 6) is -0.0158. The van der Waals surface area contributed by atoms with E-state index in [0.29, 0.717) is 5.92 Å². The van der Waals surface area contributed by atoms with Gasteiger partial charge in [-0.1, -0.05) is 33.1 Å². The highest BCUT2D eigenvalue weighted by atomic mass is 32.2. The predicted molar refractivity (Wildman–Crippen MR) is 82.7 cm³/mol. The van der Waals surface area contributed by atoms with Gasteiger partial charge in [0.05, 0.1) is 5.25 Å². The summed E-state index contributed by atoms with van der Waals surface area (Å²) in [5.41, 5.74) is 0.283. The van der Waals surface area contributed by atoms with Gasteiger partial charge in [-0.2, -0.15) is 0 Å². The van der Waals surface area contributed by atoms with E-state index in [9.17, 15) is 13.2 Å². The molecule has 4 nitrogen and oxygen atoms in total. The molecule has 1 heterocycles. The van der Waals surface area contributed by atoms with E-state index in [1.54, 1.807) is 0 Å². The first-order valence-electron chi connectivity index (χ1n) is 8.37. The van der Waals surface area contributed by atoms with Gasteiger partial charge in [-0.05, 0) is 31.6 Å². The van der Waals surface area contributed by atoms with Gasteiger partial charge in [0.1, 0.15) is 5.75 Å². The maximum atomic E-state index is 12.5. The summed E-state index contributed by atoms with van der Waals surface area (Å²) in [4.78, 5) is 14.3. The number of carbonyl (C=O) groups is 1. The predicted octanol–water partition coefficient (Wildman–Crippen LogP) is 2.38. The molecule has 1 saturated heterocycles. The highest BCUT2D eigenvalue weighted by Gasteiger charge is 2.55. The van der Waals surface area contributed by atoms with Crippen molar-refractivity contribution in [2.75, 3.05) is 12.3 Å². The van der Waals surface area contributed by atoms with Crippen molar-refractivity contribution in [1.29, 1.82) is 0 Å². The van der Waals surface area contributed by atoms with Crippen LogP contribution in [0.3, 0.4) is 0 Å². The van der Waals surface area contributed by atoms with E-state index in [-0.39, 0.29) is 28.4 Å². The average molecular weight is 313 g/mol. The normalized spacial score (nSPS) is 28.7. The second-order valence-electron chi connectivity index (χ2n) is 7.64. The first-order chi connectivity index (χ1) is 9.86. The van der Waals surface area contributed by atoms with Gasteiger partial charge in [-0.25, -0.2) is 8.42 Å². The maximum Gasteiger partial charge on any atom is 0.238 e. The van der Waals surface area contributed by atoms with Crippen LogP contribution in [0.2, 0.25) is 0 Å². The van der Waals surface area contributed by atoms with Crippen molar-refractivity contribution in [2.24, 2.45) is 11.3 Å². The lowest BCUT2D eigenvalue weighted by molar-refractivity contribution is -0.162. The number of carbonyl (C=O) groups excluding carboxylic acids is 1. The Morgan fingerprint density at radius 3 is 2.33 bits per heavy atom. The lowest BCUT2D eigenvalue weighted by atomic mass is 9.60. The highest BCUT2D eigenvalue weighted by Crippen LogP contribution is 2.51. The van der Waals surface area contributed by atoms with Crippen LogP contribution in [-0.2, 0) is 14.6 Å². The van der Waals surface area contributed by atoms with Crippen LogP contribution in [0.4, 0.5) is 0 Å². The van der Waals surface area contributed by atoms with E-state index in [2.05, 4.69) is 13.8 Å². The van der Waals surface area contributed by atoms with Crippen molar-refractivity contribution in [3.63, 3.8) is 0 Å². The van der Waals surface area contributed by atoms with Crippen LogP contribution >= 0.6 is 0 Å². The molecule has 1 aliphatic heterocycles. The summed E-state index contributed by atoms with van der Waals surface area (Å²) in [6.45, 7) is 5.11. The molecular formula is C16H27NO3S. The highest BCUT2D eigenvalue weighted by molar-refractivity contribution is 7.93. The van der Waals surface area contributed by atoms with E-state index >= 15 is 0 Å². The fraction of sp³-hybridized carbons (Fsp3) is 0.938. The topological polar surface area (TPSA) is 54.5 Å². The number of rotatable bonds is 4. The number of hydrogen-bond donors (Lipinski definition) is 0. The molecule has 1 atom stereocenters. The van der Waals surface area contributed by atoms with Gasteiger partial charge >= 0.3 is 0 Å². The molecule has 3 rings (SSSR count). The third-order valence-corrected chi connectivity index (χ3v) is 7.74. The number of sulfone groups is 1. The summed E-state index contributed by atoms with van der Waals surface area (Å²) in [5, 5.41) is -0.233. The van der Waals surface area contributed by atoms with Gasteiger partial charge in [0.25, 0.3) is 0 Å². The summed E-state index contributed by atoms with van der Waals surface area (Å²) in [7, 11) is -3.19. The Kier molecular flexibility index (Phi) is 3.83. The molecule has 3 fully saturated rings. The molecular weight excluding hydrogens is 286 g/mol. The smallest absolute Gasteiger partial charge is 0.238 e. The minimum absolute atomic E-state index is 0.156. The van der Waals surface area contributed by atoms with Crippen molar-refractivity contribution in [3.8, 4) is 0 Å². The molecule has 3 aliphatic rings. The first-order valence-corrected chi connectivity index (χ1v) is 10.1. The molecule has 0 aromatic carbocycles. The number of likely N-dealkylation sites (tertiary alicyclic amines) is 1. The minimum atomic E-state index is -3.19. The molecule has 0 N–H and O–H groups in total.